The van der Waals surface area contributed by atoms with Crippen LogP contribution in [0.2, 0.25) is 0 Å². The van der Waals surface area contributed by atoms with Crippen molar-refractivity contribution < 1.29 is 22.7 Å². The van der Waals surface area contributed by atoms with Crippen molar-refractivity contribution in [3.05, 3.63) is 29.8 Å². The SMILES string of the molecule is O=C(NC1CCCC1Br)c1ccc(OC(F)(F)F)cc1. The number of hydrogen-bond acceptors (Lipinski definition) is 2. The predicted octanol–water partition coefficient (Wildman–Crippen LogP) is 3.63. The van der Waals surface area contributed by atoms with Crippen molar-refractivity contribution in [2.75, 3.05) is 0 Å². The maximum absolute atomic E-state index is 12.0. The van der Waals surface area contributed by atoms with Gasteiger partial charge in [0.15, 0.2) is 0 Å². The molecule has 0 bridgehead atoms. The number of hydrogen-bond donors (Lipinski definition) is 1. The van der Waals surface area contributed by atoms with E-state index < -0.39 is 6.36 Å². The Balaban J connectivity index is 1.97. The highest BCUT2D eigenvalue weighted by atomic mass is 79.9. The molecule has 1 amide bonds. The number of carbonyl (C=O) groups is 1. The first-order valence-electron chi connectivity index (χ1n) is 6.16. The third-order valence-corrected chi connectivity index (χ3v) is 4.19. The molecule has 0 aliphatic heterocycles. The molecule has 1 aromatic rings. The van der Waals surface area contributed by atoms with Crippen molar-refractivity contribution in [1.29, 1.82) is 0 Å². The number of amides is 1. The molecule has 1 aromatic carbocycles. The second-order valence-electron chi connectivity index (χ2n) is 4.60. The van der Waals surface area contributed by atoms with Crippen LogP contribution in [-0.2, 0) is 0 Å². The van der Waals surface area contributed by atoms with E-state index in [0.717, 1.165) is 31.4 Å². The summed E-state index contributed by atoms with van der Waals surface area (Å²) < 4.78 is 39.8. The highest BCUT2D eigenvalue weighted by Gasteiger charge is 2.31. The number of carbonyl (C=O) groups excluding carboxylic acids is 1. The Kier molecular flexibility index (Phi) is 4.57. The van der Waals surface area contributed by atoms with Crippen LogP contribution in [0.5, 0.6) is 5.75 Å². The smallest absolute Gasteiger partial charge is 0.406 e. The Morgan fingerprint density at radius 3 is 2.40 bits per heavy atom. The van der Waals surface area contributed by atoms with Gasteiger partial charge < -0.3 is 10.1 Å². The lowest BCUT2D eigenvalue weighted by molar-refractivity contribution is -0.274. The lowest BCUT2D eigenvalue weighted by Gasteiger charge is -2.16. The second-order valence-corrected chi connectivity index (χ2v) is 5.78. The van der Waals surface area contributed by atoms with E-state index in [9.17, 15) is 18.0 Å². The molecular formula is C13H13BrF3NO2. The van der Waals surface area contributed by atoms with Gasteiger partial charge in [-0.1, -0.05) is 22.4 Å². The van der Waals surface area contributed by atoms with E-state index in [-0.39, 0.29) is 22.5 Å². The molecule has 1 saturated carbocycles. The van der Waals surface area contributed by atoms with Crippen molar-refractivity contribution in [2.45, 2.75) is 36.5 Å². The van der Waals surface area contributed by atoms with E-state index >= 15 is 0 Å². The minimum absolute atomic E-state index is 0.0635. The van der Waals surface area contributed by atoms with Crippen molar-refractivity contribution in [3.8, 4) is 5.75 Å². The maximum atomic E-state index is 12.0. The average Bonchev–Trinajstić information content (AvgIpc) is 2.74. The summed E-state index contributed by atoms with van der Waals surface area (Å²) in [5, 5.41) is 2.86. The summed E-state index contributed by atoms with van der Waals surface area (Å²) in [5.41, 5.74) is 0.311. The number of benzene rings is 1. The van der Waals surface area contributed by atoms with Gasteiger partial charge in [-0.25, -0.2) is 0 Å². The highest BCUT2D eigenvalue weighted by molar-refractivity contribution is 9.09. The molecule has 1 aliphatic rings. The van der Waals surface area contributed by atoms with E-state index in [1.54, 1.807) is 0 Å². The molecule has 2 rings (SSSR count). The summed E-state index contributed by atoms with van der Waals surface area (Å²) in [5.74, 6) is -0.631. The summed E-state index contributed by atoms with van der Waals surface area (Å²) in [6.07, 6.45) is -1.78. The normalized spacial score (nSPS) is 22.6. The van der Waals surface area contributed by atoms with Gasteiger partial charge in [-0.05, 0) is 37.1 Å². The Bertz CT molecular complexity index is 475. The van der Waals surface area contributed by atoms with Gasteiger partial charge >= 0.3 is 6.36 Å². The summed E-state index contributed by atoms with van der Waals surface area (Å²) in [6.45, 7) is 0. The zero-order valence-corrected chi connectivity index (χ0v) is 12.0. The number of ether oxygens (including phenoxy) is 1. The Morgan fingerprint density at radius 1 is 1.25 bits per heavy atom. The monoisotopic (exact) mass is 351 g/mol. The fourth-order valence-corrected chi connectivity index (χ4v) is 2.86. The topological polar surface area (TPSA) is 38.3 Å². The van der Waals surface area contributed by atoms with Crippen molar-refractivity contribution >= 4 is 21.8 Å². The zero-order chi connectivity index (χ0) is 14.8. The van der Waals surface area contributed by atoms with E-state index in [1.807, 2.05) is 0 Å². The molecule has 0 saturated heterocycles. The lowest BCUT2D eigenvalue weighted by atomic mass is 10.1. The first-order valence-corrected chi connectivity index (χ1v) is 7.07. The van der Waals surface area contributed by atoms with Gasteiger partial charge in [0.25, 0.3) is 5.91 Å². The molecule has 20 heavy (non-hydrogen) atoms. The molecule has 1 N–H and O–H groups in total. The quantitative estimate of drug-likeness (QED) is 0.844. The van der Waals surface area contributed by atoms with Crippen LogP contribution in [-0.4, -0.2) is 23.1 Å². The fourth-order valence-electron chi connectivity index (χ4n) is 2.14. The Hall–Kier alpha value is -1.24. The predicted molar refractivity (Wildman–Crippen MR) is 70.9 cm³/mol. The third kappa shape index (κ3) is 4.13. The standard InChI is InChI=1S/C13H13BrF3NO2/c14-10-2-1-3-11(10)18-12(19)8-4-6-9(7-5-8)20-13(15,16)17/h4-7,10-11H,1-3H2,(H,18,19). The molecule has 110 valence electrons. The van der Waals surface area contributed by atoms with Crippen molar-refractivity contribution in [1.82, 2.24) is 5.32 Å². The minimum Gasteiger partial charge on any atom is -0.406 e. The fraction of sp³-hybridized carbons (Fsp3) is 0.462. The van der Waals surface area contributed by atoms with E-state index in [1.165, 1.54) is 12.1 Å². The first-order chi connectivity index (χ1) is 9.35. The van der Waals surface area contributed by atoms with Gasteiger partial charge in [0.1, 0.15) is 5.75 Å². The number of halogens is 4. The van der Waals surface area contributed by atoms with Gasteiger partial charge in [0.2, 0.25) is 0 Å². The van der Waals surface area contributed by atoms with Gasteiger partial charge in [-0.15, -0.1) is 13.2 Å². The molecule has 3 nitrogen and oxygen atoms in total. The largest absolute Gasteiger partial charge is 0.573 e. The van der Waals surface area contributed by atoms with Crippen LogP contribution in [0.25, 0.3) is 0 Å². The van der Waals surface area contributed by atoms with E-state index in [2.05, 4.69) is 26.0 Å². The maximum Gasteiger partial charge on any atom is 0.573 e. The molecule has 0 radical (unpaired) electrons. The van der Waals surface area contributed by atoms with Crippen LogP contribution in [0, 0.1) is 0 Å². The van der Waals surface area contributed by atoms with Gasteiger partial charge in [-0.3, -0.25) is 4.79 Å². The number of nitrogens with one attached hydrogen (secondary N) is 1. The Labute approximate surface area is 122 Å². The Morgan fingerprint density at radius 2 is 1.90 bits per heavy atom. The van der Waals surface area contributed by atoms with E-state index in [4.69, 9.17) is 0 Å². The van der Waals surface area contributed by atoms with Crippen LogP contribution in [0.1, 0.15) is 29.6 Å². The summed E-state index contributed by atoms with van der Waals surface area (Å²) in [6, 6.07) is 4.95. The summed E-state index contributed by atoms with van der Waals surface area (Å²) in [4.78, 5) is 12.2. The van der Waals surface area contributed by atoms with E-state index in [0.29, 0.717) is 5.56 Å². The minimum atomic E-state index is -4.73. The molecule has 2 unspecified atom stereocenters. The number of alkyl halides is 4. The molecule has 2 atom stereocenters. The van der Waals surface area contributed by atoms with Crippen molar-refractivity contribution in [2.24, 2.45) is 0 Å². The zero-order valence-electron chi connectivity index (χ0n) is 10.4. The molecule has 1 aliphatic carbocycles. The van der Waals surface area contributed by atoms with Crippen LogP contribution in [0.4, 0.5) is 13.2 Å². The molecule has 0 heterocycles. The summed E-state index contributed by atoms with van der Waals surface area (Å²) in [7, 11) is 0. The average molecular weight is 352 g/mol. The number of rotatable bonds is 3. The highest BCUT2D eigenvalue weighted by Crippen LogP contribution is 2.26. The van der Waals surface area contributed by atoms with Crippen LogP contribution in [0.15, 0.2) is 24.3 Å². The molecule has 1 fully saturated rings. The molecule has 0 spiro atoms. The molecular weight excluding hydrogens is 339 g/mol. The first kappa shape index (κ1) is 15.2. The third-order valence-electron chi connectivity index (χ3n) is 3.10. The van der Waals surface area contributed by atoms with Crippen LogP contribution < -0.4 is 10.1 Å². The van der Waals surface area contributed by atoms with Crippen LogP contribution >= 0.6 is 15.9 Å². The lowest BCUT2D eigenvalue weighted by Crippen LogP contribution is -2.37. The second kappa shape index (κ2) is 6.03. The van der Waals surface area contributed by atoms with Gasteiger partial charge in [0.05, 0.1) is 0 Å². The van der Waals surface area contributed by atoms with Gasteiger partial charge in [-0.2, -0.15) is 0 Å². The molecule has 7 heteroatoms. The van der Waals surface area contributed by atoms with Crippen molar-refractivity contribution in [3.63, 3.8) is 0 Å². The summed E-state index contributed by atoms with van der Waals surface area (Å²) >= 11 is 3.49. The van der Waals surface area contributed by atoms with Gasteiger partial charge in [0, 0.05) is 16.4 Å². The molecule has 0 aromatic heterocycles. The van der Waals surface area contributed by atoms with Crippen LogP contribution in [0.3, 0.4) is 0 Å².